The fourth-order valence-corrected chi connectivity index (χ4v) is 1.72. The van der Waals surface area contributed by atoms with E-state index >= 15 is 0 Å². The summed E-state index contributed by atoms with van der Waals surface area (Å²) < 4.78 is 9.59. The first-order chi connectivity index (χ1) is 7.20. The van der Waals surface area contributed by atoms with Crippen molar-refractivity contribution in [2.75, 3.05) is 13.2 Å². The predicted octanol–water partition coefficient (Wildman–Crippen LogP) is 0.929. The van der Waals surface area contributed by atoms with E-state index in [0.717, 1.165) is 0 Å². The summed E-state index contributed by atoms with van der Waals surface area (Å²) in [4.78, 5) is 22.5. The fourth-order valence-electron chi connectivity index (χ4n) is 0.917. The lowest BCUT2D eigenvalue weighted by Crippen LogP contribution is -2.20. The number of thioether (sulfide) groups is 1. The van der Waals surface area contributed by atoms with Crippen LogP contribution in [0.15, 0.2) is 25.3 Å². The van der Waals surface area contributed by atoms with E-state index in [2.05, 4.69) is 13.2 Å². The minimum atomic E-state index is -0.415. The molecule has 0 aromatic heterocycles. The van der Waals surface area contributed by atoms with Crippen LogP contribution in [0.25, 0.3) is 0 Å². The Morgan fingerprint density at radius 2 is 1.47 bits per heavy atom. The van der Waals surface area contributed by atoms with Crippen molar-refractivity contribution in [3.05, 3.63) is 25.3 Å². The molecule has 0 aromatic carbocycles. The van der Waals surface area contributed by atoms with Crippen LogP contribution in [-0.2, 0) is 19.1 Å². The van der Waals surface area contributed by atoms with Crippen molar-refractivity contribution in [3.8, 4) is 0 Å². The molecule has 0 bridgehead atoms. The summed E-state index contributed by atoms with van der Waals surface area (Å²) in [5, 5.41) is -0.829. The monoisotopic (exact) mass is 228 g/mol. The normalized spacial score (nSPS) is 22.7. The highest BCUT2D eigenvalue weighted by atomic mass is 32.2. The molecule has 0 aromatic rings. The number of esters is 2. The Morgan fingerprint density at radius 1 is 1.07 bits per heavy atom. The van der Waals surface area contributed by atoms with Gasteiger partial charge in [-0.1, -0.05) is 25.3 Å². The summed E-state index contributed by atoms with van der Waals surface area (Å²) in [6.07, 6.45) is 2.96. The third-order valence-electron chi connectivity index (χ3n) is 1.64. The van der Waals surface area contributed by atoms with Gasteiger partial charge in [0, 0.05) is 0 Å². The standard InChI is InChI=1S/C10H12O4S/c1-3-5-13-9(11)7-8(15-7)10(12)14-6-4-2/h3-4,7-8H,1-2,5-6H2. The first-order valence-corrected chi connectivity index (χ1v) is 5.35. The van der Waals surface area contributed by atoms with E-state index in [-0.39, 0.29) is 25.2 Å². The zero-order valence-corrected chi connectivity index (χ0v) is 9.00. The molecule has 82 valence electrons. The lowest BCUT2D eigenvalue weighted by atomic mass is 10.3. The van der Waals surface area contributed by atoms with Crippen LogP contribution in [0.4, 0.5) is 0 Å². The van der Waals surface area contributed by atoms with Gasteiger partial charge in [-0.25, -0.2) is 0 Å². The van der Waals surface area contributed by atoms with Crippen molar-refractivity contribution in [3.63, 3.8) is 0 Å². The molecule has 1 saturated heterocycles. The zero-order chi connectivity index (χ0) is 11.3. The Labute approximate surface area is 92.3 Å². The zero-order valence-electron chi connectivity index (χ0n) is 8.18. The quantitative estimate of drug-likeness (QED) is 0.384. The van der Waals surface area contributed by atoms with Crippen molar-refractivity contribution in [1.82, 2.24) is 0 Å². The maximum absolute atomic E-state index is 11.2. The van der Waals surface area contributed by atoms with Crippen molar-refractivity contribution in [1.29, 1.82) is 0 Å². The second-order valence-corrected chi connectivity index (χ2v) is 4.10. The molecule has 0 spiro atoms. The van der Waals surface area contributed by atoms with Crippen LogP contribution >= 0.6 is 11.8 Å². The van der Waals surface area contributed by atoms with Crippen LogP contribution in [0.1, 0.15) is 0 Å². The molecule has 2 atom stereocenters. The SMILES string of the molecule is C=CCOC(=O)C1SC1C(=O)OCC=C. The van der Waals surface area contributed by atoms with Crippen LogP contribution < -0.4 is 0 Å². The van der Waals surface area contributed by atoms with Gasteiger partial charge in [0.05, 0.1) is 0 Å². The summed E-state index contributed by atoms with van der Waals surface area (Å²) in [5.74, 6) is -0.777. The van der Waals surface area contributed by atoms with Crippen molar-refractivity contribution in [2.45, 2.75) is 10.5 Å². The molecule has 4 nitrogen and oxygen atoms in total. The number of carbonyl (C=O) groups is 2. The van der Waals surface area contributed by atoms with E-state index in [1.54, 1.807) is 0 Å². The minimum absolute atomic E-state index is 0.171. The van der Waals surface area contributed by atoms with E-state index in [1.807, 2.05) is 0 Å². The Bertz CT molecular complexity index is 259. The van der Waals surface area contributed by atoms with Crippen LogP contribution in [-0.4, -0.2) is 35.7 Å². The Hall–Kier alpha value is -1.23. The highest BCUT2D eigenvalue weighted by Gasteiger charge is 2.51. The molecule has 1 rings (SSSR count). The predicted molar refractivity (Wildman–Crippen MR) is 57.5 cm³/mol. The summed E-state index contributed by atoms with van der Waals surface area (Å²) in [6.45, 7) is 7.18. The van der Waals surface area contributed by atoms with Gasteiger partial charge in [0.2, 0.25) is 0 Å². The highest BCUT2D eigenvalue weighted by Crippen LogP contribution is 2.42. The third-order valence-corrected chi connectivity index (χ3v) is 2.84. The first-order valence-electron chi connectivity index (χ1n) is 4.41. The van der Waals surface area contributed by atoms with Gasteiger partial charge < -0.3 is 9.47 Å². The Kier molecular flexibility index (Phi) is 4.42. The van der Waals surface area contributed by atoms with Crippen molar-refractivity contribution in [2.24, 2.45) is 0 Å². The van der Waals surface area contributed by atoms with Gasteiger partial charge in [0.1, 0.15) is 23.7 Å². The molecule has 15 heavy (non-hydrogen) atoms. The number of rotatable bonds is 6. The van der Waals surface area contributed by atoms with E-state index < -0.39 is 10.5 Å². The molecule has 1 fully saturated rings. The van der Waals surface area contributed by atoms with Gasteiger partial charge in [0.25, 0.3) is 0 Å². The van der Waals surface area contributed by atoms with Gasteiger partial charge in [-0.15, -0.1) is 11.8 Å². The fraction of sp³-hybridized carbons (Fsp3) is 0.400. The van der Waals surface area contributed by atoms with Crippen LogP contribution in [0.5, 0.6) is 0 Å². The number of hydrogen-bond donors (Lipinski definition) is 0. The smallest absolute Gasteiger partial charge is 0.321 e. The van der Waals surface area contributed by atoms with Gasteiger partial charge in [0.15, 0.2) is 0 Å². The molecule has 0 saturated carbocycles. The lowest BCUT2D eigenvalue weighted by Gasteiger charge is -2.00. The lowest BCUT2D eigenvalue weighted by molar-refractivity contribution is -0.146. The number of hydrogen-bond acceptors (Lipinski definition) is 5. The molecule has 5 heteroatoms. The third kappa shape index (κ3) is 3.43. The molecule has 0 amide bonds. The summed E-state index contributed by atoms with van der Waals surface area (Å²) >= 11 is 1.24. The van der Waals surface area contributed by atoms with Crippen LogP contribution in [0.3, 0.4) is 0 Å². The topological polar surface area (TPSA) is 52.6 Å². The number of carbonyl (C=O) groups excluding carboxylic acids is 2. The van der Waals surface area contributed by atoms with Crippen molar-refractivity contribution >= 4 is 23.7 Å². The van der Waals surface area contributed by atoms with Gasteiger partial charge >= 0.3 is 11.9 Å². The highest BCUT2D eigenvalue weighted by molar-refractivity contribution is 8.09. The number of ether oxygens (including phenoxy) is 2. The molecular weight excluding hydrogens is 216 g/mol. The van der Waals surface area contributed by atoms with Crippen LogP contribution in [0.2, 0.25) is 0 Å². The second-order valence-electron chi connectivity index (χ2n) is 2.81. The maximum atomic E-state index is 11.2. The largest absolute Gasteiger partial charge is 0.461 e. The van der Waals surface area contributed by atoms with Crippen molar-refractivity contribution < 1.29 is 19.1 Å². The first kappa shape index (κ1) is 11.8. The molecular formula is C10H12O4S. The summed E-state index contributed by atoms with van der Waals surface area (Å²) in [7, 11) is 0. The summed E-state index contributed by atoms with van der Waals surface area (Å²) in [5.41, 5.74) is 0. The summed E-state index contributed by atoms with van der Waals surface area (Å²) in [6, 6.07) is 0. The molecule has 2 unspecified atom stereocenters. The average Bonchev–Trinajstić information content (AvgIpc) is 3.02. The van der Waals surface area contributed by atoms with E-state index in [1.165, 1.54) is 23.9 Å². The second kappa shape index (κ2) is 5.60. The van der Waals surface area contributed by atoms with Gasteiger partial charge in [-0.2, -0.15) is 0 Å². The van der Waals surface area contributed by atoms with Gasteiger partial charge in [-0.3, -0.25) is 9.59 Å². The Morgan fingerprint density at radius 3 is 1.80 bits per heavy atom. The molecule has 1 aliphatic heterocycles. The maximum Gasteiger partial charge on any atom is 0.321 e. The van der Waals surface area contributed by atoms with E-state index in [9.17, 15) is 9.59 Å². The molecule has 0 N–H and O–H groups in total. The Balaban J connectivity index is 2.26. The van der Waals surface area contributed by atoms with E-state index in [4.69, 9.17) is 9.47 Å². The molecule has 1 heterocycles. The average molecular weight is 228 g/mol. The molecule has 1 aliphatic rings. The molecule has 0 radical (unpaired) electrons. The molecule has 0 aliphatic carbocycles. The van der Waals surface area contributed by atoms with Crippen LogP contribution in [0, 0.1) is 0 Å². The minimum Gasteiger partial charge on any atom is -0.461 e. The van der Waals surface area contributed by atoms with Gasteiger partial charge in [-0.05, 0) is 0 Å². The van der Waals surface area contributed by atoms with E-state index in [0.29, 0.717) is 0 Å².